The Kier molecular flexibility index (Phi) is 2.96. The van der Waals surface area contributed by atoms with Crippen molar-refractivity contribution in [2.75, 3.05) is 17.5 Å². The molecule has 0 saturated carbocycles. The first-order valence-electron chi connectivity index (χ1n) is 5.10. The summed E-state index contributed by atoms with van der Waals surface area (Å²) in [5.41, 5.74) is 5.22. The summed E-state index contributed by atoms with van der Waals surface area (Å²) < 4.78 is 0. The molecule has 0 bridgehead atoms. The normalized spacial score (nSPS) is 9.81. The Morgan fingerprint density at radius 2 is 1.56 bits per heavy atom. The largest absolute Gasteiger partial charge is 0.508 e. The van der Waals surface area contributed by atoms with E-state index in [9.17, 15) is 0 Å². The summed E-state index contributed by atoms with van der Waals surface area (Å²) in [6.45, 7) is 0. The van der Waals surface area contributed by atoms with Gasteiger partial charge in [0.25, 0.3) is 0 Å². The first-order chi connectivity index (χ1) is 7.75. The van der Waals surface area contributed by atoms with E-state index in [4.69, 9.17) is 5.11 Å². The minimum Gasteiger partial charge on any atom is -0.508 e. The van der Waals surface area contributed by atoms with Crippen LogP contribution < -0.4 is 10.4 Å². The van der Waals surface area contributed by atoms with Crippen LogP contribution in [0.15, 0.2) is 54.6 Å². The van der Waals surface area contributed by atoms with Crippen LogP contribution >= 0.6 is 0 Å². The van der Waals surface area contributed by atoms with Gasteiger partial charge in [-0.1, -0.05) is 18.2 Å². The molecule has 16 heavy (non-hydrogen) atoms. The van der Waals surface area contributed by atoms with E-state index in [0.717, 1.165) is 11.4 Å². The molecule has 0 aromatic heterocycles. The first-order valence-corrected chi connectivity index (χ1v) is 5.10. The van der Waals surface area contributed by atoms with Crippen LogP contribution in [-0.2, 0) is 0 Å². The van der Waals surface area contributed by atoms with Crippen LogP contribution in [-0.4, -0.2) is 12.2 Å². The molecule has 0 unspecified atom stereocenters. The smallest absolute Gasteiger partial charge is 0.115 e. The molecule has 0 radical (unpaired) electrons. The molecular formula is C13H14N2O. The summed E-state index contributed by atoms with van der Waals surface area (Å²) in [7, 11) is 1.95. The Labute approximate surface area is 94.9 Å². The van der Waals surface area contributed by atoms with Crippen LogP contribution in [0, 0.1) is 0 Å². The zero-order chi connectivity index (χ0) is 11.4. The van der Waals surface area contributed by atoms with Crippen molar-refractivity contribution in [3.63, 3.8) is 0 Å². The first kappa shape index (κ1) is 10.4. The quantitative estimate of drug-likeness (QED) is 0.609. The molecule has 3 heteroatoms. The van der Waals surface area contributed by atoms with E-state index in [2.05, 4.69) is 5.43 Å². The van der Waals surface area contributed by atoms with Crippen molar-refractivity contribution >= 4 is 11.4 Å². The van der Waals surface area contributed by atoms with Gasteiger partial charge in [0.1, 0.15) is 5.75 Å². The lowest BCUT2D eigenvalue weighted by Crippen LogP contribution is -2.24. The number of para-hydroxylation sites is 1. The van der Waals surface area contributed by atoms with Crippen LogP contribution in [0.3, 0.4) is 0 Å². The molecule has 0 aliphatic carbocycles. The van der Waals surface area contributed by atoms with Gasteiger partial charge in [0.2, 0.25) is 0 Å². The summed E-state index contributed by atoms with van der Waals surface area (Å²) in [6.07, 6.45) is 0. The highest BCUT2D eigenvalue weighted by molar-refractivity contribution is 5.55. The number of hydrazine groups is 1. The lowest BCUT2D eigenvalue weighted by molar-refractivity contribution is 0.475. The molecule has 0 aliphatic rings. The topological polar surface area (TPSA) is 35.5 Å². The van der Waals surface area contributed by atoms with Crippen LogP contribution in [0.25, 0.3) is 0 Å². The molecule has 0 aliphatic heterocycles. The van der Waals surface area contributed by atoms with Crippen molar-refractivity contribution in [2.45, 2.75) is 0 Å². The number of anilines is 2. The molecular weight excluding hydrogens is 200 g/mol. The molecule has 0 heterocycles. The summed E-state index contributed by atoms with van der Waals surface area (Å²) >= 11 is 0. The molecule has 2 aromatic rings. The second-order valence-electron chi connectivity index (χ2n) is 3.55. The van der Waals surface area contributed by atoms with Crippen molar-refractivity contribution in [3.8, 4) is 5.75 Å². The van der Waals surface area contributed by atoms with Gasteiger partial charge in [0.05, 0.1) is 11.4 Å². The SMILES string of the molecule is CN(Nc1ccc(O)cc1)c1ccccc1. The second kappa shape index (κ2) is 4.57. The maximum Gasteiger partial charge on any atom is 0.115 e. The zero-order valence-electron chi connectivity index (χ0n) is 9.09. The summed E-state index contributed by atoms with van der Waals surface area (Å²) in [5, 5.41) is 11.1. The molecule has 0 saturated heterocycles. The van der Waals surface area contributed by atoms with Crippen LogP contribution in [0.4, 0.5) is 11.4 Å². The van der Waals surface area contributed by atoms with Crippen LogP contribution in [0.5, 0.6) is 5.75 Å². The minimum absolute atomic E-state index is 0.271. The number of rotatable bonds is 3. The lowest BCUT2D eigenvalue weighted by Gasteiger charge is -2.21. The number of hydrogen-bond donors (Lipinski definition) is 2. The van der Waals surface area contributed by atoms with Gasteiger partial charge in [-0.15, -0.1) is 0 Å². The Morgan fingerprint density at radius 1 is 0.938 bits per heavy atom. The van der Waals surface area contributed by atoms with E-state index in [1.165, 1.54) is 0 Å². The van der Waals surface area contributed by atoms with E-state index in [1.54, 1.807) is 12.1 Å². The molecule has 0 spiro atoms. The Morgan fingerprint density at radius 3 is 2.19 bits per heavy atom. The minimum atomic E-state index is 0.271. The monoisotopic (exact) mass is 214 g/mol. The number of benzene rings is 2. The predicted octanol–water partition coefficient (Wildman–Crippen LogP) is 2.86. The van der Waals surface area contributed by atoms with E-state index >= 15 is 0 Å². The molecule has 82 valence electrons. The molecule has 0 fully saturated rings. The third-order valence-corrected chi connectivity index (χ3v) is 2.31. The number of aromatic hydroxyl groups is 1. The van der Waals surface area contributed by atoms with Gasteiger partial charge < -0.3 is 5.11 Å². The van der Waals surface area contributed by atoms with Gasteiger partial charge in [0.15, 0.2) is 0 Å². The number of nitrogens with zero attached hydrogens (tertiary/aromatic N) is 1. The Bertz CT molecular complexity index is 439. The highest BCUT2D eigenvalue weighted by Crippen LogP contribution is 2.17. The summed E-state index contributed by atoms with van der Waals surface area (Å²) in [4.78, 5) is 0. The van der Waals surface area contributed by atoms with E-state index in [-0.39, 0.29) is 5.75 Å². The summed E-state index contributed by atoms with van der Waals surface area (Å²) in [5.74, 6) is 0.271. The second-order valence-corrected chi connectivity index (χ2v) is 3.55. The van der Waals surface area contributed by atoms with Gasteiger partial charge in [0, 0.05) is 7.05 Å². The number of phenolic OH excluding ortho intramolecular Hbond substituents is 1. The standard InChI is InChI=1S/C13H14N2O/c1-15(12-5-3-2-4-6-12)14-11-7-9-13(16)10-8-11/h2-10,14,16H,1H3. The van der Waals surface area contributed by atoms with Crippen LogP contribution in [0.2, 0.25) is 0 Å². The van der Waals surface area contributed by atoms with Crippen molar-refractivity contribution in [1.29, 1.82) is 0 Å². The molecule has 0 atom stereocenters. The van der Waals surface area contributed by atoms with Gasteiger partial charge in [-0.3, -0.25) is 10.4 Å². The zero-order valence-corrected chi connectivity index (χ0v) is 9.09. The van der Waals surface area contributed by atoms with Gasteiger partial charge >= 0.3 is 0 Å². The van der Waals surface area contributed by atoms with E-state index < -0.39 is 0 Å². The van der Waals surface area contributed by atoms with Crippen molar-refractivity contribution in [2.24, 2.45) is 0 Å². The fourth-order valence-electron chi connectivity index (χ4n) is 1.45. The van der Waals surface area contributed by atoms with Crippen molar-refractivity contribution < 1.29 is 5.11 Å². The van der Waals surface area contributed by atoms with E-state index in [0.29, 0.717) is 0 Å². The van der Waals surface area contributed by atoms with E-state index in [1.807, 2.05) is 54.5 Å². The number of nitrogens with one attached hydrogen (secondary N) is 1. The third-order valence-electron chi connectivity index (χ3n) is 2.31. The Balaban J connectivity index is 2.08. The summed E-state index contributed by atoms with van der Waals surface area (Å²) in [6, 6.07) is 17.0. The molecule has 2 rings (SSSR count). The number of hydrogen-bond acceptors (Lipinski definition) is 3. The van der Waals surface area contributed by atoms with Crippen LogP contribution in [0.1, 0.15) is 0 Å². The molecule has 0 amide bonds. The van der Waals surface area contributed by atoms with Crippen molar-refractivity contribution in [1.82, 2.24) is 0 Å². The fraction of sp³-hybridized carbons (Fsp3) is 0.0769. The highest BCUT2D eigenvalue weighted by Gasteiger charge is 1.99. The maximum atomic E-state index is 9.17. The van der Waals surface area contributed by atoms with Gasteiger partial charge in [-0.25, -0.2) is 0 Å². The predicted molar refractivity (Wildman–Crippen MR) is 66.6 cm³/mol. The van der Waals surface area contributed by atoms with Gasteiger partial charge in [-0.2, -0.15) is 0 Å². The lowest BCUT2D eigenvalue weighted by atomic mass is 10.3. The molecule has 2 aromatic carbocycles. The molecule has 2 N–H and O–H groups in total. The third kappa shape index (κ3) is 2.45. The maximum absolute atomic E-state index is 9.17. The number of phenols is 1. The van der Waals surface area contributed by atoms with Crippen molar-refractivity contribution in [3.05, 3.63) is 54.6 Å². The van der Waals surface area contributed by atoms with Gasteiger partial charge in [-0.05, 0) is 36.4 Å². The highest BCUT2D eigenvalue weighted by atomic mass is 16.3. The molecule has 3 nitrogen and oxygen atoms in total. The fourth-order valence-corrected chi connectivity index (χ4v) is 1.45. The average molecular weight is 214 g/mol. The Hall–Kier alpha value is -2.16. The average Bonchev–Trinajstić information content (AvgIpc) is 2.33.